The maximum absolute atomic E-state index is 12.1. The Balaban J connectivity index is 2.12. The smallest absolute Gasteiger partial charge is 0.422 e. The van der Waals surface area contributed by atoms with Crippen LogP contribution in [0.4, 0.5) is 18.9 Å². The number of halogens is 4. The molecule has 0 saturated carbocycles. The number of amides is 1. The van der Waals surface area contributed by atoms with Gasteiger partial charge in [-0.05, 0) is 46.3 Å². The summed E-state index contributed by atoms with van der Waals surface area (Å²) in [5.41, 5.74) is 0.0890. The average Bonchev–Trinajstić information content (AvgIpc) is 2.91. The molecule has 1 aromatic carbocycles. The molecule has 1 aromatic heterocycles. The van der Waals surface area contributed by atoms with Crippen LogP contribution in [0.2, 0.25) is 0 Å². The molecule has 0 spiro atoms. The van der Waals surface area contributed by atoms with Gasteiger partial charge in [0.25, 0.3) is 5.91 Å². The third-order valence-corrected chi connectivity index (χ3v) is 2.97. The summed E-state index contributed by atoms with van der Waals surface area (Å²) in [7, 11) is 0. The number of carbonyl (C=O) groups excluding carboxylic acids is 1. The number of furan rings is 1. The molecule has 0 fully saturated rings. The van der Waals surface area contributed by atoms with Crippen molar-refractivity contribution < 1.29 is 27.1 Å². The van der Waals surface area contributed by atoms with Gasteiger partial charge >= 0.3 is 6.18 Å². The van der Waals surface area contributed by atoms with Gasteiger partial charge in [0.2, 0.25) is 0 Å². The second kappa shape index (κ2) is 6.75. The maximum atomic E-state index is 12.1. The van der Waals surface area contributed by atoms with E-state index in [4.69, 9.17) is 9.68 Å². The van der Waals surface area contributed by atoms with Crippen molar-refractivity contribution in [2.45, 2.75) is 6.18 Å². The van der Waals surface area contributed by atoms with Gasteiger partial charge < -0.3 is 14.5 Å². The van der Waals surface area contributed by atoms with Crippen LogP contribution < -0.4 is 10.1 Å². The van der Waals surface area contributed by atoms with E-state index in [0.29, 0.717) is 4.67 Å². The molecule has 0 radical (unpaired) electrons. The fourth-order valence-corrected chi connectivity index (χ4v) is 1.92. The fraction of sp³-hybridized carbons (Fsp3) is 0.143. The van der Waals surface area contributed by atoms with E-state index in [1.54, 1.807) is 6.07 Å². The summed E-state index contributed by atoms with van der Waals surface area (Å²) in [6.07, 6.45) is -4.51. The average molecular weight is 389 g/mol. The number of hydrogen-bond donors (Lipinski definition) is 1. The van der Waals surface area contributed by atoms with Gasteiger partial charge in [0, 0.05) is 5.69 Å². The molecular weight excluding hydrogens is 381 g/mol. The summed E-state index contributed by atoms with van der Waals surface area (Å²) in [6.45, 7) is -1.51. The van der Waals surface area contributed by atoms with E-state index in [1.807, 2.05) is 0 Å². The molecule has 1 N–H and O–H groups in total. The summed E-state index contributed by atoms with van der Waals surface area (Å²) >= 11 is 3.05. The van der Waals surface area contributed by atoms with E-state index < -0.39 is 18.7 Å². The molecule has 0 atom stereocenters. The first kappa shape index (κ1) is 16.9. The lowest BCUT2D eigenvalue weighted by Crippen LogP contribution is -2.19. The van der Waals surface area contributed by atoms with Crippen LogP contribution in [0.5, 0.6) is 5.75 Å². The highest BCUT2D eigenvalue weighted by Gasteiger charge is 2.28. The molecule has 0 saturated heterocycles. The fourth-order valence-electron chi connectivity index (χ4n) is 1.61. The Kier molecular flexibility index (Phi) is 4.95. The number of hydrogen-bond acceptors (Lipinski definition) is 4. The van der Waals surface area contributed by atoms with Gasteiger partial charge in [-0.3, -0.25) is 4.79 Å². The molecule has 0 unspecified atom stereocenters. The molecular formula is C14H8BrF3N2O3. The SMILES string of the molecule is N#Cc1cc(NC(=O)c2ccc(Br)o2)ccc1OCC(F)(F)F. The highest BCUT2D eigenvalue weighted by molar-refractivity contribution is 9.10. The highest BCUT2D eigenvalue weighted by Crippen LogP contribution is 2.25. The lowest BCUT2D eigenvalue weighted by Gasteiger charge is -2.11. The number of benzene rings is 1. The van der Waals surface area contributed by atoms with Crippen molar-refractivity contribution in [1.29, 1.82) is 5.26 Å². The number of anilines is 1. The summed E-state index contributed by atoms with van der Waals surface area (Å²) in [5, 5.41) is 11.4. The molecule has 5 nitrogen and oxygen atoms in total. The van der Waals surface area contributed by atoms with Crippen LogP contribution in [0.25, 0.3) is 0 Å². The van der Waals surface area contributed by atoms with E-state index in [0.717, 1.165) is 0 Å². The first-order valence-corrected chi connectivity index (χ1v) is 6.88. The Labute approximate surface area is 136 Å². The lowest BCUT2D eigenvalue weighted by molar-refractivity contribution is -0.153. The van der Waals surface area contributed by atoms with Crippen molar-refractivity contribution in [3.8, 4) is 11.8 Å². The van der Waals surface area contributed by atoms with E-state index in [2.05, 4.69) is 26.0 Å². The van der Waals surface area contributed by atoms with Crippen LogP contribution in [0, 0.1) is 11.3 Å². The Bertz CT molecular complexity index is 765. The number of nitrogens with zero attached hydrogens (tertiary/aromatic N) is 1. The van der Waals surface area contributed by atoms with E-state index >= 15 is 0 Å². The molecule has 23 heavy (non-hydrogen) atoms. The van der Waals surface area contributed by atoms with Crippen molar-refractivity contribution in [2.24, 2.45) is 0 Å². The molecule has 120 valence electrons. The lowest BCUT2D eigenvalue weighted by atomic mass is 10.2. The van der Waals surface area contributed by atoms with Gasteiger partial charge in [-0.1, -0.05) is 0 Å². The zero-order valence-corrected chi connectivity index (χ0v) is 12.9. The molecule has 2 rings (SSSR count). The standard InChI is InChI=1S/C14H8BrF3N2O3/c15-12-4-3-11(23-12)13(21)20-9-1-2-10(8(5-9)6-19)22-7-14(16,17)18/h1-5H,7H2,(H,20,21). The second-order valence-corrected chi connectivity index (χ2v) is 5.07. The van der Waals surface area contributed by atoms with Gasteiger partial charge in [-0.25, -0.2) is 0 Å². The van der Waals surface area contributed by atoms with Gasteiger partial charge in [0.05, 0.1) is 5.56 Å². The number of ether oxygens (including phenoxy) is 1. The molecule has 0 aliphatic carbocycles. The third kappa shape index (κ3) is 4.75. The molecule has 0 aliphatic heterocycles. The molecule has 9 heteroatoms. The second-order valence-electron chi connectivity index (χ2n) is 4.28. The summed E-state index contributed by atoms with van der Waals surface area (Å²) < 4.78 is 46.4. The monoisotopic (exact) mass is 388 g/mol. The van der Waals surface area contributed by atoms with Crippen LogP contribution in [0.15, 0.2) is 39.4 Å². The minimum atomic E-state index is -4.51. The molecule has 2 aromatic rings. The predicted molar refractivity (Wildman–Crippen MR) is 77.1 cm³/mol. The van der Waals surface area contributed by atoms with Crippen molar-refractivity contribution in [1.82, 2.24) is 0 Å². The van der Waals surface area contributed by atoms with Crippen LogP contribution in [0.3, 0.4) is 0 Å². The molecule has 1 heterocycles. The molecule has 0 bridgehead atoms. The van der Waals surface area contributed by atoms with Crippen LogP contribution >= 0.6 is 15.9 Å². The number of rotatable bonds is 4. The molecule has 0 aliphatic rings. The van der Waals surface area contributed by atoms with Gasteiger partial charge in [0.1, 0.15) is 11.8 Å². The Morgan fingerprint density at radius 3 is 2.65 bits per heavy atom. The van der Waals surface area contributed by atoms with Crippen molar-refractivity contribution in [3.63, 3.8) is 0 Å². The molecule has 1 amide bonds. The van der Waals surface area contributed by atoms with Crippen LogP contribution in [0.1, 0.15) is 16.1 Å². The van der Waals surface area contributed by atoms with E-state index in [1.165, 1.54) is 30.3 Å². The maximum Gasteiger partial charge on any atom is 0.422 e. The van der Waals surface area contributed by atoms with Gasteiger partial charge in [0.15, 0.2) is 17.0 Å². The van der Waals surface area contributed by atoms with E-state index in [-0.39, 0.29) is 22.8 Å². The topological polar surface area (TPSA) is 75.3 Å². The Hall–Kier alpha value is -2.47. The number of carbonyl (C=O) groups is 1. The van der Waals surface area contributed by atoms with Crippen LogP contribution in [-0.2, 0) is 0 Å². The summed E-state index contributed by atoms with van der Waals surface area (Å²) in [6, 6.07) is 8.39. The Morgan fingerprint density at radius 2 is 2.09 bits per heavy atom. The summed E-state index contributed by atoms with van der Waals surface area (Å²) in [4.78, 5) is 11.9. The largest absolute Gasteiger partial charge is 0.483 e. The van der Waals surface area contributed by atoms with E-state index in [9.17, 15) is 18.0 Å². The van der Waals surface area contributed by atoms with Gasteiger partial charge in [-0.2, -0.15) is 18.4 Å². The third-order valence-electron chi connectivity index (χ3n) is 2.55. The first-order valence-electron chi connectivity index (χ1n) is 6.09. The first-order chi connectivity index (χ1) is 10.8. The van der Waals surface area contributed by atoms with Crippen LogP contribution in [-0.4, -0.2) is 18.7 Å². The van der Waals surface area contributed by atoms with Crippen molar-refractivity contribution in [2.75, 3.05) is 11.9 Å². The number of alkyl halides is 3. The normalized spacial score (nSPS) is 10.9. The van der Waals surface area contributed by atoms with Gasteiger partial charge in [-0.15, -0.1) is 0 Å². The summed E-state index contributed by atoms with van der Waals surface area (Å²) in [5.74, 6) is -0.750. The number of nitrogens with one attached hydrogen (secondary N) is 1. The minimum absolute atomic E-state index is 0.0350. The minimum Gasteiger partial charge on any atom is -0.483 e. The zero-order valence-electron chi connectivity index (χ0n) is 11.3. The van der Waals surface area contributed by atoms with Crippen molar-refractivity contribution >= 4 is 27.5 Å². The predicted octanol–water partition coefficient (Wildman–Crippen LogP) is 4.11. The quantitative estimate of drug-likeness (QED) is 0.854. The van der Waals surface area contributed by atoms with Crippen molar-refractivity contribution in [3.05, 3.63) is 46.3 Å². The number of nitriles is 1. The highest BCUT2D eigenvalue weighted by atomic mass is 79.9. The Morgan fingerprint density at radius 1 is 1.35 bits per heavy atom. The zero-order chi connectivity index (χ0) is 17.0.